The lowest BCUT2D eigenvalue weighted by atomic mass is 9.74. The highest BCUT2D eigenvalue weighted by atomic mass is 16.5. The van der Waals surface area contributed by atoms with Crippen molar-refractivity contribution in [3.8, 4) is 17.0 Å². The van der Waals surface area contributed by atoms with Crippen molar-refractivity contribution < 1.29 is 4.74 Å². The molecule has 0 aliphatic heterocycles. The van der Waals surface area contributed by atoms with Gasteiger partial charge in [0.25, 0.3) is 0 Å². The van der Waals surface area contributed by atoms with Crippen LogP contribution in [0.25, 0.3) is 11.3 Å². The third kappa shape index (κ3) is 9.10. The van der Waals surface area contributed by atoms with E-state index in [-0.39, 0.29) is 0 Å². The Morgan fingerprint density at radius 3 is 2.12 bits per heavy atom. The van der Waals surface area contributed by atoms with E-state index in [4.69, 9.17) is 4.74 Å². The largest absolute Gasteiger partial charge is 0.494 e. The fourth-order valence-electron chi connectivity index (χ4n) is 5.30. The van der Waals surface area contributed by atoms with E-state index in [0.717, 1.165) is 47.6 Å². The second kappa shape index (κ2) is 15.1. The summed E-state index contributed by atoms with van der Waals surface area (Å²) in [5, 5.41) is 0. The summed E-state index contributed by atoms with van der Waals surface area (Å²) in [6.45, 7) is 5.33. The summed E-state index contributed by atoms with van der Waals surface area (Å²) in [5.41, 5.74) is 3.11. The summed E-state index contributed by atoms with van der Waals surface area (Å²) >= 11 is 0. The first-order valence-electron chi connectivity index (χ1n) is 13.8. The third-order valence-corrected chi connectivity index (χ3v) is 7.37. The van der Waals surface area contributed by atoms with Crippen LogP contribution >= 0.6 is 0 Å². The maximum atomic E-state index is 6.08. The van der Waals surface area contributed by atoms with Crippen LogP contribution < -0.4 is 4.74 Å². The van der Waals surface area contributed by atoms with Crippen LogP contribution in [0.15, 0.2) is 36.7 Å². The van der Waals surface area contributed by atoms with E-state index in [2.05, 4.69) is 48.1 Å². The van der Waals surface area contributed by atoms with Crippen LogP contribution in [0.5, 0.6) is 5.75 Å². The molecule has 1 heterocycles. The van der Waals surface area contributed by atoms with E-state index in [9.17, 15) is 0 Å². The summed E-state index contributed by atoms with van der Waals surface area (Å²) in [6.07, 6.45) is 24.0. The van der Waals surface area contributed by atoms with Crippen LogP contribution in [-0.4, -0.2) is 16.6 Å². The number of nitrogens with zero attached hydrogens (tertiary/aromatic N) is 2. The van der Waals surface area contributed by atoms with E-state index in [0.29, 0.717) is 0 Å². The first kappa shape index (κ1) is 25.7. The summed E-state index contributed by atoms with van der Waals surface area (Å²) in [5.74, 6) is 2.85. The number of ether oxygens (including phenoxy) is 1. The number of aryl methyl sites for hydroxylation is 1. The molecule has 1 aliphatic carbocycles. The van der Waals surface area contributed by atoms with Gasteiger partial charge in [-0.3, -0.25) is 9.97 Å². The number of unbranched alkanes of at least 4 members (excludes halogenated alkanes) is 5. The highest BCUT2D eigenvalue weighted by Crippen LogP contribution is 2.36. The maximum absolute atomic E-state index is 6.08. The molecular weight excluding hydrogens is 404 g/mol. The van der Waals surface area contributed by atoms with E-state index in [1.165, 1.54) is 89.9 Å². The lowest BCUT2D eigenvalue weighted by molar-refractivity contribution is 0.190. The van der Waals surface area contributed by atoms with Gasteiger partial charge in [-0.15, -0.1) is 0 Å². The Labute approximate surface area is 202 Å². The molecule has 1 aromatic carbocycles. The van der Waals surface area contributed by atoms with Gasteiger partial charge < -0.3 is 4.74 Å². The molecule has 182 valence electrons. The summed E-state index contributed by atoms with van der Waals surface area (Å²) in [6, 6.07) is 8.34. The molecule has 0 N–H and O–H groups in total. The molecule has 1 saturated carbocycles. The smallest absolute Gasteiger partial charge is 0.119 e. The Kier molecular flexibility index (Phi) is 11.8. The second-order valence-corrected chi connectivity index (χ2v) is 10.0. The van der Waals surface area contributed by atoms with Gasteiger partial charge >= 0.3 is 0 Å². The van der Waals surface area contributed by atoms with Gasteiger partial charge in [-0.1, -0.05) is 84.5 Å². The van der Waals surface area contributed by atoms with Crippen molar-refractivity contribution in [3.05, 3.63) is 42.4 Å². The molecule has 0 amide bonds. The monoisotopic (exact) mass is 450 g/mol. The number of hydrogen-bond donors (Lipinski definition) is 0. The number of aromatic nitrogens is 2. The first-order chi connectivity index (χ1) is 16.3. The van der Waals surface area contributed by atoms with Crippen LogP contribution in [0.1, 0.15) is 109 Å². The van der Waals surface area contributed by atoms with Gasteiger partial charge in [0.15, 0.2) is 0 Å². The predicted molar refractivity (Wildman–Crippen MR) is 140 cm³/mol. The molecule has 0 bridgehead atoms. The lowest BCUT2D eigenvalue weighted by Gasteiger charge is -2.31. The Balaban J connectivity index is 1.37. The van der Waals surface area contributed by atoms with E-state index >= 15 is 0 Å². The standard InChI is InChI=1S/C30H46N2O/c1-3-5-7-8-9-13-25-14-10-11-15-26(25)16-12-22-33-29-20-18-27(19-21-29)30-24-31-28(23-32-30)17-6-4-2/h18-21,23-26H,3-17,22H2,1-2H3. The van der Waals surface area contributed by atoms with Crippen LogP contribution in [0.4, 0.5) is 0 Å². The van der Waals surface area contributed by atoms with Crippen LogP contribution in [-0.2, 0) is 6.42 Å². The molecule has 1 aromatic heterocycles. The van der Waals surface area contributed by atoms with Gasteiger partial charge in [-0.2, -0.15) is 0 Å². The van der Waals surface area contributed by atoms with E-state index in [1.54, 1.807) is 0 Å². The van der Waals surface area contributed by atoms with Gasteiger partial charge in [-0.05, 0) is 61.8 Å². The zero-order valence-corrected chi connectivity index (χ0v) is 21.2. The van der Waals surface area contributed by atoms with Crippen LogP contribution in [0.2, 0.25) is 0 Å². The summed E-state index contributed by atoms with van der Waals surface area (Å²) < 4.78 is 6.08. The number of rotatable bonds is 15. The molecule has 1 fully saturated rings. The Hall–Kier alpha value is -1.90. The van der Waals surface area contributed by atoms with Gasteiger partial charge in [0.05, 0.1) is 24.2 Å². The molecular formula is C30H46N2O. The topological polar surface area (TPSA) is 35.0 Å². The lowest BCUT2D eigenvalue weighted by Crippen LogP contribution is -2.20. The highest BCUT2D eigenvalue weighted by molar-refractivity contribution is 5.58. The van der Waals surface area contributed by atoms with Crippen molar-refractivity contribution in [1.29, 1.82) is 0 Å². The van der Waals surface area contributed by atoms with Crippen molar-refractivity contribution in [2.45, 2.75) is 110 Å². The molecule has 33 heavy (non-hydrogen) atoms. The quantitative estimate of drug-likeness (QED) is 0.254. The molecule has 2 unspecified atom stereocenters. The zero-order valence-electron chi connectivity index (χ0n) is 21.2. The zero-order chi connectivity index (χ0) is 23.1. The summed E-state index contributed by atoms with van der Waals surface area (Å²) in [4.78, 5) is 9.16. The molecule has 1 aliphatic rings. The minimum absolute atomic E-state index is 0.824. The molecule has 0 spiro atoms. The minimum atomic E-state index is 0.824. The predicted octanol–water partition coefficient (Wildman–Crippen LogP) is 8.81. The van der Waals surface area contributed by atoms with Gasteiger partial charge in [0.2, 0.25) is 0 Å². The van der Waals surface area contributed by atoms with Crippen molar-refractivity contribution in [2.24, 2.45) is 11.8 Å². The molecule has 2 aromatic rings. The molecule has 3 nitrogen and oxygen atoms in total. The molecule has 2 atom stereocenters. The summed E-state index contributed by atoms with van der Waals surface area (Å²) in [7, 11) is 0. The average Bonchev–Trinajstić information content (AvgIpc) is 2.87. The second-order valence-electron chi connectivity index (χ2n) is 10.0. The Morgan fingerprint density at radius 1 is 0.758 bits per heavy atom. The van der Waals surface area contributed by atoms with Crippen molar-refractivity contribution in [2.75, 3.05) is 6.61 Å². The van der Waals surface area contributed by atoms with E-state index in [1.807, 2.05) is 12.4 Å². The molecule has 3 rings (SSSR count). The molecule has 3 heteroatoms. The first-order valence-corrected chi connectivity index (χ1v) is 13.8. The van der Waals surface area contributed by atoms with Gasteiger partial charge in [-0.25, -0.2) is 0 Å². The van der Waals surface area contributed by atoms with Gasteiger partial charge in [0, 0.05) is 11.8 Å². The van der Waals surface area contributed by atoms with Crippen molar-refractivity contribution in [3.63, 3.8) is 0 Å². The Bertz CT molecular complexity index is 756. The number of hydrogen-bond acceptors (Lipinski definition) is 3. The van der Waals surface area contributed by atoms with Gasteiger partial charge in [0.1, 0.15) is 5.75 Å². The highest BCUT2D eigenvalue weighted by Gasteiger charge is 2.24. The fraction of sp³-hybridized carbons (Fsp3) is 0.667. The van der Waals surface area contributed by atoms with Crippen molar-refractivity contribution in [1.82, 2.24) is 9.97 Å². The molecule has 0 radical (unpaired) electrons. The normalized spacial score (nSPS) is 18.4. The number of benzene rings is 1. The SMILES string of the molecule is CCCCCCCC1CCCCC1CCCOc1ccc(-c2cnc(CCCC)cn2)cc1. The van der Waals surface area contributed by atoms with Crippen molar-refractivity contribution >= 4 is 0 Å². The van der Waals surface area contributed by atoms with E-state index < -0.39 is 0 Å². The third-order valence-electron chi connectivity index (χ3n) is 7.37. The van der Waals surface area contributed by atoms with Crippen LogP contribution in [0.3, 0.4) is 0 Å². The van der Waals surface area contributed by atoms with Crippen LogP contribution in [0, 0.1) is 11.8 Å². The molecule has 0 saturated heterocycles. The minimum Gasteiger partial charge on any atom is -0.494 e. The average molecular weight is 451 g/mol. The fourth-order valence-corrected chi connectivity index (χ4v) is 5.30. The maximum Gasteiger partial charge on any atom is 0.119 e. The Morgan fingerprint density at radius 2 is 1.45 bits per heavy atom.